The molecule has 0 bridgehead atoms. The Hall–Kier alpha value is -0.710. The summed E-state index contributed by atoms with van der Waals surface area (Å²) in [6.45, 7) is 2.42. The molecule has 1 saturated heterocycles. The quantitative estimate of drug-likeness (QED) is 0.725. The highest BCUT2D eigenvalue weighted by Crippen LogP contribution is 2.22. The molecule has 1 aliphatic rings. The van der Waals surface area contributed by atoms with Gasteiger partial charge in [0.25, 0.3) is 0 Å². The molecule has 4 heteroatoms. The van der Waals surface area contributed by atoms with Crippen molar-refractivity contribution in [1.82, 2.24) is 4.90 Å². The Kier molecular flexibility index (Phi) is 6.87. The molecule has 0 amide bonds. The highest BCUT2D eigenvalue weighted by molar-refractivity contribution is 9.10. The summed E-state index contributed by atoms with van der Waals surface area (Å²) >= 11 is 3.38. The fourth-order valence-corrected chi connectivity index (χ4v) is 3.33. The zero-order valence-electron chi connectivity index (χ0n) is 12.4. The monoisotopic (exact) mass is 353 g/mol. The second-order valence-electron chi connectivity index (χ2n) is 5.73. The van der Waals surface area contributed by atoms with E-state index in [0.29, 0.717) is 12.5 Å². The van der Waals surface area contributed by atoms with Crippen molar-refractivity contribution in [2.24, 2.45) is 0 Å². The van der Waals surface area contributed by atoms with Crippen LogP contribution < -0.4 is 0 Å². The van der Waals surface area contributed by atoms with Gasteiger partial charge in [-0.15, -0.1) is 0 Å². The zero-order valence-corrected chi connectivity index (χ0v) is 14.0. The molecule has 1 heterocycles. The van der Waals surface area contributed by atoms with Crippen molar-refractivity contribution in [2.45, 2.75) is 44.6 Å². The normalized spacial score (nSPS) is 19.0. The minimum Gasteiger partial charge on any atom is -0.396 e. The first kappa shape index (κ1) is 16.7. The molecular formula is C17H24BrNO2. The average molecular weight is 354 g/mol. The highest BCUT2D eigenvalue weighted by atomic mass is 79.9. The number of carbonyl (C=O) groups is 1. The number of halogens is 1. The number of ketones is 1. The van der Waals surface area contributed by atoms with E-state index in [2.05, 4.69) is 20.8 Å². The van der Waals surface area contributed by atoms with Gasteiger partial charge in [0.1, 0.15) is 0 Å². The van der Waals surface area contributed by atoms with Crippen molar-refractivity contribution in [3.05, 3.63) is 34.3 Å². The van der Waals surface area contributed by atoms with Crippen molar-refractivity contribution in [3.63, 3.8) is 0 Å². The molecule has 1 aromatic rings. The van der Waals surface area contributed by atoms with Gasteiger partial charge in [0.05, 0.1) is 0 Å². The van der Waals surface area contributed by atoms with Gasteiger partial charge in [-0.25, -0.2) is 0 Å². The van der Waals surface area contributed by atoms with Crippen LogP contribution in [0.4, 0.5) is 0 Å². The lowest BCUT2D eigenvalue weighted by molar-refractivity contribution is 0.0973. The second kappa shape index (κ2) is 8.66. The Balaban J connectivity index is 1.73. The third-order valence-corrected chi connectivity index (χ3v) is 4.74. The lowest BCUT2D eigenvalue weighted by Crippen LogP contribution is -2.30. The number of carbonyl (C=O) groups excluding carboxylic acids is 1. The van der Waals surface area contributed by atoms with Crippen LogP contribution in [0.25, 0.3) is 0 Å². The fraction of sp³-hybridized carbons (Fsp3) is 0.588. The number of rotatable bonds is 8. The molecule has 0 aromatic heterocycles. The number of hydrogen-bond donors (Lipinski definition) is 1. The SMILES string of the molecule is O=C(CCCN1CCCC1CCCO)c1ccc(Br)cc1. The molecule has 116 valence electrons. The molecule has 0 aliphatic carbocycles. The minimum absolute atomic E-state index is 0.230. The Labute approximate surface area is 135 Å². The highest BCUT2D eigenvalue weighted by Gasteiger charge is 2.23. The molecule has 1 aromatic carbocycles. The topological polar surface area (TPSA) is 40.5 Å². The van der Waals surface area contributed by atoms with E-state index in [1.807, 2.05) is 24.3 Å². The van der Waals surface area contributed by atoms with Gasteiger partial charge in [-0.3, -0.25) is 4.79 Å². The molecule has 0 radical (unpaired) electrons. The smallest absolute Gasteiger partial charge is 0.162 e. The molecule has 1 fully saturated rings. The third kappa shape index (κ3) is 5.20. The first-order valence-electron chi connectivity index (χ1n) is 7.84. The molecule has 1 unspecified atom stereocenters. The van der Waals surface area contributed by atoms with Crippen LogP contribution in [0.3, 0.4) is 0 Å². The first-order valence-corrected chi connectivity index (χ1v) is 8.63. The molecule has 1 atom stereocenters. The minimum atomic E-state index is 0.230. The van der Waals surface area contributed by atoms with Crippen molar-refractivity contribution in [2.75, 3.05) is 19.7 Å². The standard InChI is InChI=1S/C17H24BrNO2/c18-15-9-7-14(8-10-15)17(21)6-2-12-19-11-1-4-16(19)5-3-13-20/h7-10,16,20H,1-6,11-13H2. The third-order valence-electron chi connectivity index (χ3n) is 4.21. The molecule has 1 N–H and O–H groups in total. The predicted octanol–water partition coefficient (Wildman–Crippen LogP) is 3.65. The van der Waals surface area contributed by atoms with Gasteiger partial charge in [0.2, 0.25) is 0 Å². The average Bonchev–Trinajstić information content (AvgIpc) is 2.93. The van der Waals surface area contributed by atoms with Crippen LogP contribution >= 0.6 is 15.9 Å². The van der Waals surface area contributed by atoms with E-state index in [1.165, 1.54) is 12.8 Å². The van der Waals surface area contributed by atoms with Gasteiger partial charge in [-0.1, -0.05) is 28.1 Å². The zero-order chi connectivity index (χ0) is 15.1. The van der Waals surface area contributed by atoms with E-state index in [0.717, 1.165) is 42.4 Å². The summed E-state index contributed by atoms with van der Waals surface area (Å²) in [5, 5.41) is 8.94. The van der Waals surface area contributed by atoms with Gasteiger partial charge in [-0.2, -0.15) is 0 Å². The number of aliphatic hydroxyl groups is 1. The van der Waals surface area contributed by atoms with Gasteiger partial charge >= 0.3 is 0 Å². The van der Waals surface area contributed by atoms with Crippen LogP contribution in [-0.4, -0.2) is 41.5 Å². The van der Waals surface area contributed by atoms with Gasteiger partial charge in [0.15, 0.2) is 5.78 Å². The summed E-state index contributed by atoms with van der Waals surface area (Å²) in [6.07, 6.45) is 5.99. The molecular weight excluding hydrogens is 330 g/mol. The number of nitrogens with zero attached hydrogens (tertiary/aromatic N) is 1. The number of Topliss-reactive ketones (excluding diaryl/α,β-unsaturated/α-hetero) is 1. The number of benzene rings is 1. The van der Waals surface area contributed by atoms with Gasteiger partial charge in [0, 0.05) is 29.1 Å². The van der Waals surface area contributed by atoms with E-state index in [9.17, 15) is 4.79 Å². The molecule has 3 nitrogen and oxygen atoms in total. The number of aliphatic hydroxyl groups excluding tert-OH is 1. The van der Waals surface area contributed by atoms with Crippen LogP contribution in [0.2, 0.25) is 0 Å². The van der Waals surface area contributed by atoms with Crippen LogP contribution in [0, 0.1) is 0 Å². The van der Waals surface area contributed by atoms with E-state index < -0.39 is 0 Å². The fourth-order valence-electron chi connectivity index (χ4n) is 3.07. The Morgan fingerprint density at radius 3 is 2.76 bits per heavy atom. The van der Waals surface area contributed by atoms with Crippen molar-refractivity contribution in [1.29, 1.82) is 0 Å². The molecule has 0 saturated carbocycles. The summed E-state index contributed by atoms with van der Waals surface area (Å²) in [7, 11) is 0. The van der Waals surface area contributed by atoms with E-state index >= 15 is 0 Å². The lowest BCUT2D eigenvalue weighted by atomic mass is 10.1. The van der Waals surface area contributed by atoms with E-state index in [4.69, 9.17) is 5.11 Å². The van der Waals surface area contributed by atoms with Gasteiger partial charge < -0.3 is 10.0 Å². The largest absolute Gasteiger partial charge is 0.396 e. The summed E-state index contributed by atoms with van der Waals surface area (Å²) in [5.41, 5.74) is 0.802. The Morgan fingerprint density at radius 1 is 1.29 bits per heavy atom. The summed E-state index contributed by atoms with van der Waals surface area (Å²) < 4.78 is 1.00. The summed E-state index contributed by atoms with van der Waals surface area (Å²) in [5.74, 6) is 0.230. The maximum absolute atomic E-state index is 12.1. The van der Waals surface area contributed by atoms with Crippen LogP contribution in [0.5, 0.6) is 0 Å². The van der Waals surface area contributed by atoms with E-state index in [1.54, 1.807) is 0 Å². The van der Waals surface area contributed by atoms with E-state index in [-0.39, 0.29) is 12.4 Å². The van der Waals surface area contributed by atoms with Gasteiger partial charge in [-0.05, 0) is 57.3 Å². The number of hydrogen-bond acceptors (Lipinski definition) is 3. The Bertz CT molecular complexity index is 447. The predicted molar refractivity (Wildman–Crippen MR) is 88.6 cm³/mol. The summed E-state index contributed by atoms with van der Waals surface area (Å²) in [4.78, 5) is 14.6. The molecule has 2 rings (SSSR count). The maximum Gasteiger partial charge on any atom is 0.162 e. The second-order valence-corrected chi connectivity index (χ2v) is 6.65. The van der Waals surface area contributed by atoms with Crippen molar-refractivity contribution in [3.8, 4) is 0 Å². The van der Waals surface area contributed by atoms with Crippen LogP contribution in [0.1, 0.15) is 48.9 Å². The number of likely N-dealkylation sites (tertiary alicyclic amines) is 1. The molecule has 0 spiro atoms. The lowest BCUT2D eigenvalue weighted by Gasteiger charge is -2.24. The van der Waals surface area contributed by atoms with Crippen molar-refractivity contribution >= 4 is 21.7 Å². The summed E-state index contributed by atoms with van der Waals surface area (Å²) in [6, 6.07) is 8.20. The molecule has 1 aliphatic heterocycles. The molecule has 21 heavy (non-hydrogen) atoms. The van der Waals surface area contributed by atoms with Crippen molar-refractivity contribution < 1.29 is 9.90 Å². The first-order chi connectivity index (χ1) is 10.2. The van der Waals surface area contributed by atoms with Crippen LogP contribution in [-0.2, 0) is 0 Å². The maximum atomic E-state index is 12.1. The van der Waals surface area contributed by atoms with Crippen LogP contribution in [0.15, 0.2) is 28.7 Å². The Morgan fingerprint density at radius 2 is 2.05 bits per heavy atom.